The first-order valence-electron chi connectivity index (χ1n) is 7.57. The van der Waals surface area contributed by atoms with Crippen molar-refractivity contribution in [1.82, 2.24) is 4.98 Å². The Hall–Kier alpha value is -0.570. The first-order valence-corrected chi connectivity index (χ1v) is 8.36. The molecule has 1 aromatic rings. The first-order chi connectivity index (χ1) is 9.19. The van der Waals surface area contributed by atoms with Gasteiger partial charge in [0.05, 0.1) is 5.69 Å². The molecule has 2 nitrogen and oxygen atoms in total. The lowest BCUT2D eigenvalue weighted by Gasteiger charge is -2.44. The molecular weight excluding hydrogens is 300 g/mol. The fourth-order valence-corrected chi connectivity index (χ4v) is 3.94. The van der Waals surface area contributed by atoms with Gasteiger partial charge in [-0.05, 0) is 66.1 Å². The standard InChI is InChI=1S/C16H23BrN2/c1-13-14(17)5-6-15(18-13)19-11-9-16(10-12-19)7-3-2-4-8-16/h5-6H,2-4,7-12H2,1H3. The summed E-state index contributed by atoms with van der Waals surface area (Å²) in [6.07, 6.45) is 10.0. The topological polar surface area (TPSA) is 16.1 Å². The molecule has 3 heteroatoms. The molecular formula is C16H23BrN2. The van der Waals surface area contributed by atoms with Crippen LogP contribution in [-0.4, -0.2) is 18.1 Å². The van der Waals surface area contributed by atoms with Gasteiger partial charge in [-0.2, -0.15) is 0 Å². The summed E-state index contributed by atoms with van der Waals surface area (Å²) in [5.41, 5.74) is 1.77. The second-order valence-electron chi connectivity index (χ2n) is 6.28. The van der Waals surface area contributed by atoms with Gasteiger partial charge in [0, 0.05) is 17.6 Å². The smallest absolute Gasteiger partial charge is 0.128 e. The van der Waals surface area contributed by atoms with Crippen molar-refractivity contribution in [3.63, 3.8) is 0 Å². The van der Waals surface area contributed by atoms with Crippen LogP contribution in [0.1, 0.15) is 50.6 Å². The fourth-order valence-electron chi connectivity index (χ4n) is 3.72. The molecule has 1 aromatic heterocycles. The van der Waals surface area contributed by atoms with E-state index in [1.807, 2.05) is 0 Å². The van der Waals surface area contributed by atoms with E-state index in [1.54, 1.807) is 0 Å². The molecule has 19 heavy (non-hydrogen) atoms. The zero-order chi connectivity index (χ0) is 13.3. The Morgan fingerprint density at radius 3 is 2.37 bits per heavy atom. The number of piperidine rings is 1. The average Bonchev–Trinajstić information content (AvgIpc) is 2.44. The van der Waals surface area contributed by atoms with Gasteiger partial charge in [-0.25, -0.2) is 4.98 Å². The molecule has 0 unspecified atom stereocenters. The molecule has 0 radical (unpaired) electrons. The molecule has 0 N–H and O–H groups in total. The largest absolute Gasteiger partial charge is 0.357 e. The molecule has 0 bridgehead atoms. The highest BCUT2D eigenvalue weighted by atomic mass is 79.9. The number of anilines is 1. The van der Waals surface area contributed by atoms with Crippen molar-refractivity contribution in [3.8, 4) is 0 Å². The molecule has 1 saturated heterocycles. The third-order valence-electron chi connectivity index (χ3n) is 5.07. The van der Waals surface area contributed by atoms with E-state index in [9.17, 15) is 0 Å². The summed E-state index contributed by atoms with van der Waals surface area (Å²) in [5.74, 6) is 1.16. The van der Waals surface area contributed by atoms with Crippen LogP contribution in [0.4, 0.5) is 5.82 Å². The predicted octanol–water partition coefficient (Wildman–Crippen LogP) is 4.70. The predicted molar refractivity (Wildman–Crippen MR) is 83.6 cm³/mol. The van der Waals surface area contributed by atoms with Gasteiger partial charge in [0.1, 0.15) is 5.82 Å². The van der Waals surface area contributed by atoms with Crippen LogP contribution in [0.25, 0.3) is 0 Å². The van der Waals surface area contributed by atoms with Crippen molar-refractivity contribution in [2.75, 3.05) is 18.0 Å². The van der Waals surface area contributed by atoms with Gasteiger partial charge >= 0.3 is 0 Å². The summed E-state index contributed by atoms with van der Waals surface area (Å²) in [4.78, 5) is 7.18. The van der Waals surface area contributed by atoms with Gasteiger partial charge in [-0.1, -0.05) is 19.3 Å². The van der Waals surface area contributed by atoms with Crippen LogP contribution in [-0.2, 0) is 0 Å². The Morgan fingerprint density at radius 2 is 1.74 bits per heavy atom. The van der Waals surface area contributed by atoms with E-state index in [4.69, 9.17) is 4.98 Å². The zero-order valence-electron chi connectivity index (χ0n) is 11.8. The maximum absolute atomic E-state index is 4.71. The third-order valence-corrected chi connectivity index (χ3v) is 5.91. The summed E-state index contributed by atoms with van der Waals surface area (Å²) in [5, 5.41) is 0. The second-order valence-corrected chi connectivity index (χ2v) is 7.14. The van der Waals surface area contributed by atoms with Crippen LogP contribution in [0.15, 0.2) is 16.6 Å². The fraction of sp³-hybridized carbons (Fsp3) is 0.688. The highest BCUT2D eigenvalue weighted by Crippen LogP contribution is 2.44. The highest BCUT2D eigenvalue weighted by Gasteiger charge is 2.35. The molecule has 1 aliphatic heterocycles. The van der Waals surface area contributed by atoms with Crippen LogP contribution in [0.3, 0.4) is 0 Å². The molecule has 0 atom stereocenters. The lowest BCUT2D eigenvalue weighted by Crippen LogP contribution is -2.41. The number of hydrogen-bond acceptors (Lipinski definition) is 2. The molecule has 0 amide bonds. The van der Waals surface area contributed by atoms with E-state index in [-0.39, 0.29) is 0 Å². The van der Waals surface area contributed by atoms with Gasteiger partial charge in [-0.15, -0.1) is 0 Å². The maximum atomic E-state index is 4.71. The Kier molecular flexibility index (Phi) is 3.84. The Bertz CT molecular complexity index is 442. The van der Waals surface area contributed by atoms with E-state index in [0.717, 1.165) is 16.0 Å². The molecule has 2 heterocycles. The van der Waals surface area contributed by atoms with Crippen molar-refractivity contribution in [3.05, 3.63) is 22.3 Å². The van der Waals surface area contributed by atoms with Gasteiger partial charge in [0.15, 0.2) is 0 Å². The number of rotatable bonds is 1. The molecule has 2 aliphatic rings. The number of aryl methyl sites for hydroxylation is 1. The molecule has 2 fully saturated rings. The SMILES string of the molecule is Cc1nc(N2CCC3(CCCCC3)CC2)ccc1Br. The van der Waals surface area contributed by atoms with Gasteiger partial charge < -0.3 is 4.90 Å². The Balaban J connectivity index is 1.67. The summed E-state index contributed by atoms with van der Waals surface area (Å²) >= 11 is 3.53. The van der Waals surface area contributed by atoms with Crippen LogP contribution >= 0.6 is 15.9 Å². The number of halogens is 1. The monoisotopic (exact) mass is 322 g/mol. The molecule has 3 rings (SSSR count). The lowest BCUT2D eigenvalue weighted by molar-refractivity contribution is 0.144. The molecule has 0 aromatic carbocycles. The lowest BCUT2D eigenvalue weighted by atomic mass is 9.68. The minimum Gasteiger partial charge on any atom is -0.357 e. The second kappa shape index (κ2) is 5.43. The van der Waals surface area contributed by atoms with Crippen LogP contribution in [0, 0.1) is 12.3 Å². The molecule has 1 saturated carbocycles. The van der Waals surface area contributed by atoms with Gasteiger partial charge in [-0.3, -0.25) is 0 Å². The van der Waals surface area contributed by atoms with E-state index in [2.05, 4.69) is 39.9 Å². The van der Waals surface area contributed by atoms with Crippen LogP contribution < -0.4 is 4.90 Å². The van der Waals surface area contributed by atoms with Crippen molar-refractivity contribution < 1.29 is 0 Å². The van der Waals surface area contributed by atoms with E-state index < -0.39 is 0 Å². The van der Waals surface area contributed by atoms with Crippen molar-refractivity contribution >= 4 is 21.7 Å². The summed E-state index contributed by atoms with van der Waals surface area (Å²) in [7, 11) is 0. The highest BCUT2D eigenvalue weighted by molar-refractivity contribution is 9.10. The summed E-state index contributed by atoms with van der Waals surface area (Å²) < 4.78 is 1.11. The van der Waals surface area contributed by atoms with Crippen molar-refractivity contribution in [2.24, 2.45) is 5.41 Å². The third kappa shape index (κ3) is 2.81. The Morgan fingerprint density at radius 1 is 1.05 bits per heavy atom. The Labute approximate surface area is 124 Å². The zero-order valence-corrected chi connectivity index (χ0v) is 13.4. The van der Waals surface area contributed by atoms with E-state index in [1.165, 1.54) is 58.0 Å². The van der Waals surface area contributed by atoms with Gasteiger partial charge in [0.25, 0.3) is 0 Å². The summed E-state index contributed by atoms with van der Waals surface area (Å²) in [6.45, 7) is 4.45. The maximum Gasteiger partial charge on any atom is 0.128 e. The summed E-state index contributed by atoms with van der Waals surface area (Å²) in [6, 6.07) is 4.28. The van der Waals surface area contributed by atoms with E-state index in [0.29, 0.717) is 5.41 Å². The quantitative estimate of drug-likeness (QED) is 0.744. The number of aromatic nitrogens is 1. The van der Waals surface area contributed by atoms with Crippen molar-refractivity contribution in [2.45, 2.75) is 51.9 Å². The normalized spacial score (nSPS) is 22.7. The average molecular weight is 323 g/mol. The number of pyridine rings is 1. The van der Waals surface area contributed by atoms with Crippen molar-refractivity contribution in [1.29, 1.82) is 0 Å². The van der Waals surface area contributed by atoms with Gasteiger partial charge in [0.2, 0.25) is 0 Å². The minimum atomic E-state index is 0.680. The van der Waals surface area contributed by atoms with Crippen LogP contribution in [0.5, 0.6) is 0 Å². The first kappa shape index (κ1) is 13.4. The molecule has 1 spiro atoms. The number of nitrogens with zero attached hydrogens (tertiary/aromatic N) is 2. The minimum absolute atomic E-state index is 0.680. The molecule has 1 aliphatic carbocycles. The number of hydrogen-bond donors (Lipinski definition) is 0. The van der Waals surface area contributed by atoms with E-state index >= 15 is 0 Å². The van der Waals surface area contributed by atoms with Crippen LogP contribution in [0.2, 0.25) is 0 Å². The molecule has 104 valence electrons.